The first-order valence-electron chi connectivity index (χ1n) is 8.79. The number of rotatable bonds is 7. The zero-order valence-corrected chi connectivity index (χ0v) is 17.1. The fraction of sp³-hybridized carbons (Fsp3) is 0.238. The summed E-state index contributed by atoms with van der Waals surface area (Å²) in [5.41, 5.74) is 1.87. The molecule has 8 heteroatoms. The number of carbonyl (C=O) groups is 2. The van der Waals surface area contributed by atoms with Crippen molar-refractivity contribution in [2.75, 3.05) is 27.9 Å². The third kappa shape index (κ3) is 4.81. The van der Waals surface area contributed by atoms with E-state index in [1.165, 1.54) is 12.0 Å². The quantitative estimate of drug-likeness (QED) is 0.594. The molecule has 3 aromatic rings. The zero-order valence-electron chi connectivity index (χ0n) is 16.3. The molecule has 2 aromatic carbocycles. The molecular formula is C21H21ClN2O5. The number of methoxy groups -OCH3 is 3. The van der Waals surface area contributed by atoms with E-state index in [-0.39, 0.29) is 19.0 Å². The second-order valence-electron chi connectivity index (χ2n) is 6.37. The van der Waals surface area contributed by atoms with Crippen LogP contribution in [0.4, 0.5) is 0 Å². The molecule has 1 heterocycles. The Morgan fingerprint density at radius 1 is 1.00 bits per heavy atom. The molecule has 29 heavy (non-hydrogen) atoms. The molecule has 3 rings (SSSR count). The van der Waals surface area contributed by atoms with Gasteiger partial charge in [-0.25, -0.2) is 0 Å². The number of nitrogens with zero attached hydrogens (tertiary/aromatic N) is 1. The summed E-state index contributed by atoms with van der Waals surface area (Å²) in [4.78, 5) is 29.5. The average Bonchev–Trinajstić information content (AvgIpc) is 3.15. The van der Waals surface area contributed by atoms with Crippen molar-refractivity contribution in [1.29, 1.82) is 0 Å². The first-order chi connectivity index (χ1) is 13.9. The van der Waals surface area contributed by atoms with E-state index in [9.17, 15) is 9.59 Å². The van der Waals surface area contributed by atoms with Gasteiger partial charge in [-0.05, 0) is 42.0 Å². The van der Waals surface area contributed by atoms with Gasteiger partial charge in [0.1, 0.15) is 23.7 Å². The Labute approximate surface area is 173 Å². The molecule has 0 aliphatic rings. The molecule has 0 spiro atoms. The van der Waals surface area contributed by atoms with Crippen LogP contribution in [-0.2, 0) is 16.1 Å². The van der Waals surface area contributed by atoms with Crippen LogP contribution < -0.4 is 9.47 Å². The molecule has 0 unspecified atom stereocenters. The zero-order chi connectivity index (χ0) is 21.0. The van der Waals surface area contributed by atoms with Crippen LogP contribution in [0.3, 0.4) is 0 Å². The van der Waals surface area contributed by atoms with Crippen LogP contribution in [0, 0.1) is 0 Å². The van der Waals surface area contributed by atoms with Gasteiger partial charge in [-0.1, -0.05) is 11.6 Å². The van der Waals surface area contributed by atoms with Crippen LogP contribution in [0.5, 0.6) is 11.5 Å². The van der Waals surface area contributed by atoms with E-state index in [1.54, 1.807) is 56.7 Å². The number of hydrogen-bond acceptors (Lipinski definition) is 5. The second kappa shape index (κ2) is 8.87. The van der Waals surface area contributed by atoms with E-state index in [0.29, 0.717) is 22.2 Å². The summed E-state index contributed by atoms with van der Waals surface area (Å²) in [5.74, 6) is 0.312. The summed E-state index contributed by atoms with van der Waals surface area (Å²) in [6.45, 7) is -0.0391. The summed E-state index contributed by atoms with van der Waals surface area (Å²) in [6.07, 6.45) is 0. The van der Waals surface area contributed by atoms with Gasteiger partial charge in [0.15, 0.2) is 0 Å². The van der Waals surface area contributed by atoms with E-state index in [1.807, 2.05) is 0 Å². The number of H-pyrrole nitrogens is 1. The lowest BCUT2D eigenvalue weighted by Gasteiger charge is -2.21. The number of hydrogen-bond donors (Lipinski definition) is 1. The van der Waals surface area contributed by atoms with Crippen molar-refractivity contribution in [2.24, 2.45) is 0 Å². The van der Waals surface area contributed by atoms with Crippen LogP contribution >= 0.6 is 11.6 Å². The molecule has 0 saturated carbocycles. The summed E-state index contributed by atoms with van der Waals surface area (Å²) in [5, 5.41) is 1.38. The Kier molecular flexibility index (Phi) is 6.29. The van der Waals surface area contributed by atoms with E-state index in [4.69, 9.17) is 25.8 Å². The molecule has 1 N–H and O–H groups in total. The number of fused-ring (bicyclic) bond motifs is 1. The van der Waals surface area contributed by atoms with Gasteiger partial charge in [-0.2, -0.15) is 0 Å². The number of halogens is 1. The third-order valence-electron chi connectivity index (χ3n) is 4.43. The van der Waals surface area contributed by atoms with Crippen LogP contribution in [0.15, 0.2) is 42.5 Å². The number of aromatic nitrogens is 1. The van der Waals surface area contributed by atoms with Crippen molar-refractivity contribution < 1.29 is 23.8 Å². The lowest BCUT2D eigenvalue weighted by molar-refractivity contribution is -0.141. The molecule has 1 aromatic heterocycles. The van der Waals surface area contributed by atoms with Crippen molar-refractivity contribution in [1.82, 2.24) is 9.88 Å². The van der Waals surface area contributed by atoms with E-state index >= 15 is 0 Å². The SMILES string of the molecule is COC(=O)CN(Cc1cc(OC)cc(OC)c1)C(=O)c1cc2cc(Cl)ccc2[nH]1. The molecule has 0 saturated heterocycles. The molecule has 0 atom stereocenters. The summed E-state index contributed by atoms with van der Waals surface area (Å²) in [7, 11) is 4.38. The Morgan fingerprint density at radius 2 is 1.69 bits per heavy atom. The van der Waals surface area contributed by atoms with Crippen molar-refractivity contribution in [3.05, 3.63) is 58.7 Å². The number of benzene rings is 2. The van der Waals surface area contributed by atoms with E-state index in [2.05, 4.69) is 4.98 Å². The summed E-state index contributed by atoms with van der Waals surface area (Å²) in [6, 6.07) is 12.3. The Bertz CT molecular complexity index is 1020. The number of amides is 1. The number of carbonyl (C=O) groups excluding carboxylic acids is 2. The summed E-state index contributed by atoms with van der Waals surface area (Å²) < 4.78 is 15.3. The molecule has 152 valence electrons. The van der Waals surface area contributed by atoms with Crippen molar-refractivity contribution >= 4 is 34.4 Å². The maximum Gasteiger partial charge on any atom is 0.325 e. The maximum atomic E-state index is 13.2. The molecule has 1 amide bonds. The molecule has 7 nitrogen and oxygen atoms in total. The van der Waals surface area contributed by atoms with E-state index in [0.717, 1.165) is 16.5 Å². The summed E-state index contributed by atoms with van der Waals surface area (Å²) >= 11 is 6.03. The molecule has 0 aliphatic carbocycles. The van der Waals surface area contributed by atoms with Crippen LogP contribution in [0.25, 0.3) is 10.9 Å². The average molecular weight is 417 g/mol. The van der Waals surface area contributed by atoms with Crippen LogP contribution in [0.1, 0.15) is 16.1 Å². The molecule has 0 fully saturated rings. The smallest absolute Gasteiger partial charge is 0.325 e. The highest BCUT2D eigenvalue weighted by atomic mass is 35.5. The van der Waals surface area contributed by atoms with Crippen molar-refractivity contribution in [3.8, 4) is 11.5 Å². The first-order valence-corrected chi connectivity index (χ1v) is 9.17. The van der Waals surface area contributed by atoms with Gasteiger partial charge >= 0.3 is 5.97 Å². The maximum absolute atomic E-state index is 13.2. The molecule has 0 radical (unpaired) electrons. The van der Waals surface area contributed by atoms with Crippen molar-refractivity contribution in [2.45, 2.75) is 6.54 Å². The number of ether oxygens (including phenoxy) is 3. The van der Waals surface area contributed by atoms with Crippen LogP contribution in [-0.4, -0.2) is 49.6 Å². The predicted octanol–water partition coefficient (Wildman–Crippen LogP) is 3.65. The number of esters is 1. The fourth-order valence-electron chi connectivity index (χ4n) is 2.99. The predicted molar refractivity (Wildman–Crippen MR) is 110 cm³/mol. The number of nitrogens with one attached hydrogen (secondary N) is 1. The lowest BCUT2D eigenvalue weighted by Crippen LogP contribution is -2.36. The topological polar surface area (TPSA) is 80.9 Å². The lowest BCUT2D eigenvalue weighted by atomic mass is 10.1. The molecule has 0 bridgehead atoms. The van der Waals surface area contributed by atoms with Gasteiger partial charge in [0.2, 0.25) is 0 Å². The van der Waals surface area contributed by atoms with Crippen LogP contribution in [0.2, 0.25) is 5.02 Å². The third-order valence-corrected chi connectivity index (χ3v) is 4.67. The highest BCUT2D eigenvalue weighted by Crippen LogP contribution is 2.25. The first kappa shape index (κ1) is 20.5. The van der Waals surface area contributed by atoms with Gasteiger partial charge in [-0.15, -0.1) is 0 Å². The standard InChI is InChI=1S/C21H21ClN2O5/c1-27-16-6-13(7-17(10-16)28-2)11-24(12-20(25)29-3)21(26)19-9-14-8-15(22)4-5-18(14)23-19/h4-10,23H,11-12H2,1-3H3. The minimum Gasteiger partial charge on any atom is -0.497 e. The van der Waals surface area contributed by atoms with Gasteiger partial charge in [0.05, 0.1) is 21.3 Å². The Balaban J connectivity index is 1.93. The monoisotopic (exact) mass is 416 g/mol. The highest BCUT2D eigenvalue weighted by molar-refractivity contribution is 6.31. The van der Waals surface area contributed by atoms with Gasteiger partial charge in [0.25, 0.3) is 5.91 Å². The minimum atomic E-state index is -0.521. The number of aromatic amines is 1. The van der Waals surface area contributed by atoms with E-state index < -0.39 is 5.97 Å². The Morgan fingerprint density at radius 3 is 2.31 bits per heavy atom. The Hall–Kier alpha value is -3.19. The minimum absolute atomic E-state index is 0.164. The highest BCUT2D eigenvalue weighted by Gasteiger charge is 2.22. The largest absolute Gasteiger partial charge is 0.497 e. The molecular weight excluding hydrogens is 396 g/mol. The fourth-order valence-corrected chi connectivity index (χ4v) is 3.17. The van der Waals surface area contributed by atoms with Gasteiger partial charge in [0, 0.05) is 28.5 Å². The van der Waals surface area contributed by atoms with Crippen molar-refractivity contribution in [3.63, 3.8) is 0 Å². The van der Waals surface area contributed by atoms with Gasteiger partial charge in [-0.3, -0.25) is 9.59 Å². The van der Waals surface area contributed by atoms with Gasteiger partial charge < -0.3 is 24.1 Å². The molecule has 0 aliphatic heterocycles. The second-order valence-corrected chi connectivity index (χ2v) is 6.81. The normalized spacial score (nSPS) is 10.6.